The minimum Gasteiger partial charge on any atom is -0.466 e. The Hall–Kier alpha value is -1.80. The van der Waals surface area contributed by atoms with Crippen molar-refractivity contribution in [1.29, 1.82) is 0 Å². The van der Waals surface area contributed by atoms with Gasteiger partial charge >= 0.3 is 18.1 Å². The molecule has 0 radical (unpaired) electrons. The molecular formula is C13H20F3NO5. The van der Waals surface area contributed by atoms with Crippen molar-refractivity contribution >= 4 is 17.8 Å². The summed E-state index contributed by atoms with van der Waals surface area (Å²) < 4.78 is 46.6. The molecule has 0 saturated carbocycles. The number of alkyl halides is 3. The summed E-state index contributed by atoms with van der Waals surface area (Å²) in [6.45, 7) is 2.57. The van der Waals surface area contributed by atoms with Crippen LogP contribution < -0.4 is 0 Å². The number of halogens is 3. The molecule has 128 valence electrons. The summed E-state index contributed by atoms with van der Waals surface area (Å²) >= 11 is 0. The van der Waals surface area contributed by atoms with Crippen LogP contribution in [0.4, 0.5) is 13.2 Å². The van der Waals surface area contributed by atoms with Gasteiger partial charge in [0.2, 0.25) is 5.91 Å². The fourth-order valence-electron chi connectivity index (χ4n) is 1.66. The molecule has 6 nitrogen and oxygen atoms in total. The molecule has 0 aliphatic carbocycles. The molecule has 0 fully saturated rings. The van der Waals surface area contributed by atoms with E-state index in [2.05, 4.69) is 9.47 Å². The first kappa shape index (κ1) is 20.2. The van der Waals surface area contributed by atoms with Gasteiger partial charge in [-0.2, -0.15) is 13.2 Å². The van der Waals surface area contributed by atoms with E-state index in [9.17, 15) is 27.6 Å². The molecule has 1 amide bonds. The van der Waals surface area contributed by atoms with E-state index in [0.29, 0.717) is 0 Å². The first-order valence-electron chi connectivity index (χ1n) is 6.73. The molecule has 1 unspecified atom stereocenters. The lowest BCUT2D eigenvalue weighted by atomic mass is 10.0. The zero-order valence-electron chi connectivity index (χ0n) is 12.7. The zero-order chi connectivity index (χ0) is 17.3. The highest BCUT2D eigenvalue weighted by molar-refractivity contribution is 5.94. The summed E-state index contributed by atoms with van der Waals surface area (Å²) in [4.78, 5) is 35.3. The van der Waals surface area contributed by atoms with Gasteiger partial charge in [0.15, 0.2) is 0 Å². The van der Waals surface area contributed by atoms with Crippen molar-refractivity contribution in [3.05, 3.63) is 0 Å². The van der Waals surface area contributed by atoms with Crippen LogP contribution in [-0.2, 0) is 23.9 Å². The Kier molecular flexibility index (Phi) is 8.51. The predicted molar refractivity (Wildman–Crippen MR) is 69.7 cm³/mol. The molecular weight excluding hydrogens is 307 g/mol. The second kappa shape index (κ2) is 9.26. The summed E-state index contributed by atoms with van der Waals surface area (Å²) in [5, 5.41) is 0. The van der Waals surface area contributed by atoms with Crippen LogP contribution in [0.2, 0.25) is 0 Å². The third-order valence-corrected chi connectivity index (χ3v) is 2.62. The van der Waals surface area contributed by atoms with Crippen molar-refractivity contribution in [2.45, 2.75) is 32.9 Å². The first-order chi connectivity index (χ1) is 10.1. The Balaban J connectivity index is 4.72. The van der Waals surface area contributed by atoms with E-state index in [-0.39, 0.29) is 13.2 Å². The molecule has 0 aromatic rings. The van der Waals surface area contributed by atoms with Gasteiger partial charge in [-0.1, -0.05) is 0 Å². The topological polar surface area (TPSA) is 72.9 Å². The lowest BCUT2D eigenvalue weighted by Crippen LogP contribution is -2.38. The zero-order valence-corrected chi connectivity index (χ0v) is 12.7. The number of ether oxygens (including phenoxy) is 2. The van der Waals surface area contributed by atoms with Crippen LogP contribution in [0.1, 0.15) is 26.7 Å². The van der Waals surface area contributed by atoms with E-state index in [0.717, 1.165) is 4.90 Å². The lowest BCUT2D eigenvalue weighted by Gasteiger charge is -2.23. The molecule has 1 atom stereocenters. The summed E-state index contributed by atoms with van der Waals surface area (Å²) in [6.07, 6.45) is -6.56. The van der Waals surface area contributed by atoms with E-state index in [1.165, 1.54) is 14.0 Å². The van der Waals surface area contributed by atoms with Crippen molar-refractivity contribution in [2.24, 2.45) is 5.92 Å². The molecule has 0 heterocycles. The summed E-state index contributed by atoms with van der Waals surface area (Å²) in [5.41, 5.74) is 0. The van der Waals surface area contributed by atoms with Gasteiger partial charge in [-0.25, -0.2) is 0 Å². The van der Waals surface area contributed by atoms with Crippen molar-refractivity contribution in [3.63, 3.8) is 0 Å². The van der Waals surface area contributed by atoms with Crippen molar-refractivity contribution in [3.8, 4) is 0 Å². The number of rotatable bonds is 8. The van der Waals surface area contributed by atoms with Gasteiger partial charge in [-0.05, 0) is 13.8 Å². The lowest BCUT2D eigenvalue weighted by molar-refractivity contribution is -0.169. The van der Waals surface area contributed by atoms with Gasteiger partial charge in [-0.15, -0.1) is 0 Å². The van der Waals surface area contributed by atoms with E-state index < -0.39 is 49.3 Å². The summed E-state index contributed by atoms with van der Waals surface area (Å²) in [7, 11) is 1.21. The predicted octanol–water partition coefficient (Wildman–Crippen LogP) is 1.53. The molecule has 0 aromatic carbocycles. The molecule has 22 heavy (non-hydrogen) atoms. The van der Waals surface area contributed by atoms with E-state index >= 15 is 0 Å². The monoisotopic (exact) mass is 327 g/mol. The Morgan fingerprint density at radius 3 is 2.09 bits per heavy atom. The maximum Gasteiger partial charge on any atom is 0.390 e. The van der Waals surface area contributed by atoms with Gasteiger partial charge in [0.05, 0.1) is 25.6 Å². The normalized spacial score (nSPS) is 12.5. The minimum atomic E-state index is -4.57. The first-order valence-corrected chi connectivity index (χ1v) is 6.73. The molecule has 0 bridgehead atoms. The number of hydrogen-bond donors (Lipinski definition) is 0. The van der Waals surface area contributed by atoms with Crippen LogP contribution in [0, 0.1) is 5.92 Å². The van der Waals surface area contributed by atoms with Gasteiger partial charge in [0.25, 0.3) is 0 Å². The van der Waals surface area contributed by atoms with E-state index in [1.54, 1.807) is 6.92 Å². The smallest absolute Gasteiger partial charge is 0.390 e. The Bertz CT molecular complexity index is 398. The Morgan fingerprint density at radius 2 is 1.64 bits per heavy atom. The Morgan fingerprint density at radius 1 is 1.09 bits per heavy atom. The maximum absolute atomic E-state index is 12.5. The van der Waals surface area contributed by atoms with Crippen LogP contribution in [0.5, 0.6) is 0 Å². The summed E-state index contributed by atoms with van der Waals surface area (Å²) in [5.74, 6) is -4.07. The van der Waals surface area contributed by atoms with Gasteiger partial charge in [0.1, 0.15) is 6.42 Å². The largest absolute Gasteiger partial charge is 0.466 e. The van der Waals surface area contributed by atoms with Crippen LogP contribution in [0.25, 0.3) is 0 Å². The molecule has 0 saturated heterocycles. The van der Waals surface area contributed by atoms with Crippen molar-refractivity contribution in [2.75, 3.05) is 26.8 Å². The molecule has 0 aliphatic rings. The van der Waals surface area contributed by atoms with Crippen LogP contribution in [0.15, 0.2) is 0 Å². The summed E-state index contributed by atoms with van der Waals surface area (Å²) in [6, 6.07) is 0. The number of hydrogen-bond acceptors (Lipinski definition) is 5. The average Bonchev–Trinajstić information content (AvgIpc) is 2.36. The minimum absolute atomic E-state index is 0.0618. The number of carbonyl (C=O) groups excluding carboxylic acids is 3. The molecule has 0 aromatic heterocycles. The standard InChI is InChI=1S/C13H20F3NO5/c1-4-21-11(19)6-10(18)17(3)8-9(7-13(14,15)16)12(20)22-5-2/h9H,4-8H2,1-3H3. The molecule has 0 spiro atoms. The van der Waals surface area contributed by atoms with Gasteiger partial charge in [-0.3, -0.25) is 14.4 Å². The van der Waals surface area contributed by atoms with Crippen LogP contribution >= 0.6 is 0 Å². The second-order valence-corrected chi connectivity index (χ2v) is 4.52. The number of esters is 2. The third kappa shape index (κ3) is 8.48. The molecule has 0 rings (SSSR count). The highest BCUT2D eigenvalue weighted by atomic mass is 19.4. The molecule has 9 heteroatoms. The average molecular weight is 327 g/mol. The second-order valence-electron chi connectivity index (χ2n) is 4.52. The number of nitrogens with zero attached hydrogens (tertiary/aromatic N) is 1. The van der Waals surface area contributed by atoms with Gasteiger partial charge in [0, 0.05) is 13.6 Å². The van der Waals surface area contributed by atoms with Crippen molar-refractivity contribution < 1.29 is 37.0 Å². The SMILES string of the molecule is CCOC(=O)CC(=O)N(C)CC(CC(F)(F)F)C(=O)OCC. The van der Waals surface area contributed by atoms with Crippen LogP contribution in [-0.4, -0.2) is 55.7 Å². The highest BCUT2D eigenvalue weighted by Crippen LogP contribution is 2.26. The highest BCUT2D eigenvalue weighted by Gasteiger charge is 2.37. The van der Waals surface area contributed by atoms with Gasteiger partial charge < -0.3 is 14.4 Å². The van der Waals surface area contributed by atoms with Crippen molar-refractivity contribution in [1.82, 2.24) is 4.90 Å². The third-order valence-electron chi connectivity index (χ3n) is 2.62. The fraction of sp³-hybridized carbons (Fsp3) is 0.769. The van der Waals surface area contributed by atoms with Crippen LogP contribution in [0.3, 0.4) is 0 Å². The van der Waals surface area contributed by atoms with E-state index in [4.69, 9.17) is 0 Å². The number of carbonyl (C=O) groups is 3. The quantitative estimate of drug-likeness (QED) is 0.499. The number of amides is 1. The molecule has 0 N–H and O–H groups in total. The molecule has 0 aliphatic heterocycles. The fourth-order valence-corrected chi connectivity index (χ4v) is 1.66. The van der Waals surface area contributed by atoms with E-state index in [1.807, 2.05) is 0 Å². The maximum atomic E-state index is 12.5. The Labute approximate surface area is 126 Å².